The number of methoxy groups -OCH3 is 1. The van der Waals surface area contributed by atoms with Gasteiger partial charge in [-0.05, 0) is 50.2 Å². The summed E-state index contributed by atoms with van der Waals surface area (Å²) < 4.78 is 10.2. The summed E-state index contributed by atoms with van der Waals surface area (Å²) in [6, 6.07) is 13.7. The van der Waals surface area contributed by atoms with Gasteiger partial charge in [0.05, 0.1) is 25.0 Å². The van der Waals surface area contributed by atoms with Crippen molar-refractivity contribution in [3.05, 3.63) is 54.1 Å². The third kappa shape index (κ3) is 5.67. The van der Waals surface area contributed by atoms with Gasteiger partial charge in [-0.25, -0.2) is 9.79 Å². The Balaban J connectivity index is 1.77. The number of carbonyl (C=O) groups is 3. The van der Waals surface area contributed by atoms with E-state index < -0.39 is 11.2 Å². The number of carbonyl (C=O) groups excluding carboxylic acids is 3. The number of thioether (sulfide) groups is 1. The fraction of sp³-hybridized carbons (Fsp3) is 0.304. The van der Waals surface area contributed by atoms with Gasteiger partial charge < -0.3 is 14.8 Å². The quantitative estimate of drug-likeness (QED) is 0.637. The molecular weight excluding hydrogens is 430 g/mol. The molecule has 1 saturated heterocycles. The Morgan fingerprint density at radius 2 is 1.94 bits per heavy atom. The van der Waals surface area contributed by atoms with Crippen molar-refractivity contribution in [2.75, 3.05) is 25.6 Å². The molecule has 32 heavy (non-hydrogen) atoms. The monoisotopic (exact) mass is 455 g/mol. The lowest BCUT2D eigenvalue weighted by Crippen LogP contribution is -2.45. The Labute approximate surface area is 191 Å². The van der Waals surface area contributed by atoms with Gasteiger partial charge in [-0.3, -0.25) is 14.5 Å². The SMILES string of the molecule is CCOc1cccc(NC(=O)[C@H]2CC(=O)N(CC)C(=Nc3ccc(C(=O)OC)cc3)S2)c1. The van der Waals surface area contributed by atoms with Crippen molar-refractivity contribution in [2.45, 2.75) is 25.5 Å². The standard InChI is InChI=1S/C23H25N3O5S/c1-4-26-20(27)14-19(21(28)24-17-7-6-8-18(13-17)31-5-2)32-23(26)25-16-11-9-15(10-12-16)22(29)30-3/h6-13,19H,4-5,14H2,1-3H3,(H,24,28)/t19-/m1/s1. The van der Waals surface area contributed by atoms with Crippen LogP contribution in [-0.4, -0.2) is 53.4 Å². The number of amidine groups is 1. The molecule has 2 aromatic rings. The maximum Gasteiger partial charge on any atom is 0.337 e. The highest BCUT2D eigenvalue weighted by atomic mass is 32.2. The van der Waals surface area contributed by atoms with E-state index in [0.29, 0.717) is 41.0 Å². The molecule has 0 unspecified atom stereocenters. The minimum absolute atomic E-state index is 0.0792. The number of rotatable bonds is 7. The van der Waals surface area contributed by atoms with Crippen molar-refractivity contribution < 1.29 is 23.9 Å². The molecular formula is C23H25N3O5S. The second-order valence-corrected chi connectivity index (χ2v) is 8.00. The lowest BCUT2D eigenvalue weighted by atomic mass is 10.2. The van der Waals surface area contributed by atoms with Gasteiger partial charge in [0.2, 0.25) is 11.8 Å². The van der Waals surface area contributed by atoms with Gasteiger partial charge in [-0.1, -0.05) is 17.8 Å². The molecule has 0 aromatic heterocycles. The topological polar surface area (TPSA) is 97.3 Å². The second kappa shape index (κ2) is 10.8. The summed E-state index contributed by atoms with van der Waals surface area (Å²) in [6.45, 7) is 4.71. The fourth-order valence-corrected chi connectivity index (χ4v) is 4.27. The zero-order valence-electron chi connectivity index (χ0n) is 18.2. The van der Waals surface area contributed by atoms with E-state index in [-0.39, 0.29) is 18.2 Å². The Kier molecular flexibility index (Phi) is 7.88. The first kappa shape index (κ1) is 23.3. The molecule has 0 saturated carbocycles. The second-order valence-electron chi connectivity index (χ2n) is 6.83. The van der Waals surface area contributed by atoms with Crippen LogP contribution in [0.3, 0.4) is 0 Å². The minimum Gasteiger partial charge on any atom is -0.494 e. The molecule has 0 spiro atoms. The van der Waals surface area contributed by atoms with Gasteiger partial charge in [0, 0.05) is 24.7 Å². The van der Waals surface area contributed by atoms with Crippen LogP contribution in [0.4, 0.5) is 11.4 Å². The van der Waals surface area contributed by atoms with Gasteiger partial charge in [-0.15, -0.1) is 0 Å². The first-order valence-electron chi connectivity index (χ1n) is 10.2. The molecule has 2 amide bonds. The third-order valence-electron chi connectivity index (χ3n) is 4.67. The predicted octanol–water partition coefficient (Wildman–Crippen LogP) is 3.85. The molecule has 1 aliphatic heterocycles. The molecule has 1 heterocycles. The predicted molar refractivity (Wildman–Crippen MR) is 125 cm³/mol. The van der Waals surface area contributed by atoms with Crippen LogP contribution < -0.4 is 10.1 Å². The minimum atomic E-state index is -0.617. The summed E-state index contributed by atoms with van der Waals surface area (Å²) in [5.41, 5.74) is 1.57. The maximum atomic E-state index is 12.9. The molecule has 1 fully saturated rings. The number of hydrogen-bond acceptors (Lipinski definition) is 7. The molecule has 168 valence electrons. The van der Waals surface area contributed by atoms with Crippen molar-refractivity contribution >= 4 is 46.1 Å². The van der Waals surface area contributed by atoms with Crippen LogP contribution >= 0.6 is 11.8 Å². The Bertz CT molecular complexity index is 1020. The normalized spacial score (nSPS) is 17.2. The average molecular weight is 456 g/mol. The summed E-state index contributed by atoms with van der Waals surface area (Å²) in [5.74, 6) is -0.222. The number of ether oxygens (including phenoxy) is 2. The summed E-state index contributed by atoms with van der Waals surface area (Å²) in [6.07, 6.45) is 0.0792. The van der Waals surface area contributed by atoms with Gasteiger partial charge in [0.25, 0.3) is 0 Å². The van der Waals surface area contributed by atoms with Crippen molar-refractivity contribution in [1.82, 2.24) is 4.90 Å². The Hall–Kier alpha value is -3.33. The van der Waals surface area contributed by atoms with E-state index in [9.17, 15) is 14.4 Å². The van der Waals surface area contributed by atoms with Crippen molar-refractivity contribution in [1.29, 1.82) is 0 Å². The summed E-state index contributed by atoms with van der Waals surface area (Å²) in [4.78, 5) is 43.3. The van der Waals surface area contributed by atoms with E-state index in [0.717, 1.165) is 0 Å². The average Bonchev–Trinajstić information content (AvgIpc) is 2.79. The zero-order chi connectivity index (χ0) is 23.1. The van der Waals surface area contributed by atoms with Crippen molar-refractivity contribution in [2.24, 2.45) is 4.99 Å². The maximum absolute atomic E-state index is 12.9. The Morgan fingerprint density at radius 3 is 2.59 bits per heavy atom. The number of esters is 1. The number of benzene rings is 2. The molecule has 2 aromatic carbocycles. The van der Waals surface area contributed by atoms with Gasteiger partial charge in [0.1, 0.15) is 11.0 Å². The van der Waals surface area contributed by atoms with E-state index in [2.05, 4.69) is 10.3 Å². The number of anilines is 1. The first-order valence-corrected chi connectivity index (χ1v) is 11.1. The van der Waals surface area contributed by atoms with E-state index in [1.807, 2.05) is 19.9 Å². The number of hydrogen-bond donors (Lipinski definition) is 1. The summed E-state index contributed by atoms with van der Waals surface area (Å²) in [5, 5.41) is 2.68. The number of aliphatic imine (C=N–C) groups is 1. The molecule has 1 N–H and O–H groups in total. The highest BCUT2D eigenvalue weighted by Gasteiger charge is 2.35. The number of nitrogens with one attached hydrogen (secondary N) is 1. The van der Waals surface area contributed by atoms with E-state index in [1.54, 1.807) is 47.4 Å². The smallest absolute Gasteiger partial charge is 0.337 e. The molecule has 3 rings (SSSR count). The molecule has 8 nitrogen and oxygen atoms in total. The van der Waals surface area contributed by atoms with Crippen LogP contribution in [0.15, 0.2) is 53.5 Å². The molecule has 9 heteroatoms. The van der Waals surface area contributed by atoms with Crippen LogP contribution in [0.1, 0.15) is 30.6 Å². The van der Waals surface area contributed by atoms with Crippen LogP contribution in [-0.2, 0) is 14.3 Å². The van der Waals surface area contributed by atoms with Gasteiger partial charge >= 0.3 is 5.97 Å². The third-order valence-corrected chi connectivity index (χ3v) is 5.86. The first-order chi connectivity index (χ1) is 15.4. The number of nitrogens with zero attached hydrogens (tertiary/aromatic N) is 2. The van der Waals surface area contributed by atoms with Crippen LogP contribution in [0.5, 0.6) is 5.75 Å². The van der Waals surface area contributed by atoms with Crippen LogP contribution in [0, 0.1) is 0 Å². The summed E-state index contributed by atoms with van der Waals surface area (Å²) >= 11 is 1.24. The molecule has 1 aliphatic rings. The molecule has 1 atom stereocenters. The fourth-order valence-electron chi connectivity index (χ4n) is 3.11. The Morgan fingerprint density at radius 1 is 1.19 bits per heavy atom. The van der Waals surface area contributed by atoms with E-state index in [4.69, 9.17) is 9.47 Å². The van der Waals surface area contributed by atoms with E-state index >= 15 is 0 Å². The highest BCUT2D eigenvalue weighted by Crippen LogP contribution is 2.30. The van der Waals surface area contributed by atoms with Crippen molar-refractivity contribution in [3.63, 3.8) is 0 Å². The lowest BCUT2D eigenvalue weighted by Gasteiger charge is -2.30. The van der Waals surface area contributed by atoms with Gasteiger partial charge in [-0.2, -0.15) is 0 Å². The van der Waals surface area contributed by atoms with Gasteiger partial charge in [0.15, 0.2) is 5.17 Å². The van der Waals surface area contributed by atoms with Crippen LogP contribution in [0.2, 0.25) is 0 Å². The largest absolute Gasteiger partial charge is 0.494 e. The molecule has 0 radical (unpaired) electrons. The van der Waals surface area contributed by atoms with Crippen molar-refractivity contribution in [3.8, 4) is 5.75 Å². The van der Waals surface area contributed by atoms with Crippen LogP contribution in [0.25, 0.3) is 0 Å². The van der Waals surface area contributed by atoms with E-state index in [1.165, 1.54) is 18.9 Å². The zero-order valence-corrected chi connectivity index (χ0v) is 19.0. The number of amides is 2. The lowest BCUT2D eigenvalue weighted by molar-refractivity contribution is -0.129. The highest BCUT2D eigenvalue weighted by molar-refractivity contribution is 8.15. The summed E-state index contributed by atoms with van der Waals surface area (Å²) in [7, 11) is 1.32. The molecule has 0 bridgehead atoms. The molecule has 0 aliphatic carbocycles.